The zero-order valence-corrected chi connectivity index (χ0v) is 29.5. The summed E-state index contributed by atoms with van der Waals surface area (Å²) in [5.74, 6) is -1.80. The number of carbonyl (C=O) groups is 3. The van der Waals surface area contributed by atoms with Crippen molar-refractivity contribution in [3.05, 3.63) is 70.8 Å². The van der Waals surface area contributed by atoms with E-state index in [-0.39, 0.29) is 85.1 Å². The lowest BCUT2D eigenvalue weighted by Gasteiger charge is -2.47. The van der Waals surface area contributed by atoms with Gasteiger partial charge in [0.15, 0.2) is 11.8 Å². The molecule has 2 saturated carbocycles. The lowest BCUT2D eigenvalue weighted by atomic mass is 9.80. The van der Waals surface area contributed by atoms with Gasteiger partial charge in [-0.2, -0.15) is 13.2 Å². The second-order valence-electron chi connectivity index (χ2n) is 14.8. The van der Waals surface area contributed by atoms with Gasteiger partial charge in [0, 0.05) is 56.6 Å². The Hall–Kier alpha value is -4.77. The number of aliphatic hydroxyl groups is 1. The van der Waals surface area contributed by atoms with Crippen molar-refractivity contribution in [2.75, 3.05) is 25.0 Å². The number of nitrogens with zero attached hydrogens (tertiary/aromatic N) is 3. The van der Waals surface area contributed by atoms with Gasteiger partial charge in [0.1, 0.15) is 35.5 Å². The highest BCUT2D eigenvalue weighted by molar-refractivity contribution is 6.01. The molecule has 1 aromatic heterocycles. The van der Waals surface area contributed by atoms with Crippen LogP contribution >= 0.6 is 0 Å². The Kier molecular flexibility index (Phi) is 10.5. The summed E-state index contributed by atoms with van der Waals surface area (Å²) in [4.78, 5) is 41.7. The first-order chi connectivity index (χ1) is 25.8. The Balaban J connectivity index is 1.11. The number of fused-ring (bicyclic) bond motifs is 1. The number of alkyl halides is 3. The fraction of sp³-hybridized carbons (Fsp3) is 0.541. The topological polar surface area (TPSA) is 168 Å². The van der Waals surface area contributed by atoms with Gasteiger partial charge in [0.05, 0.1) is 5.69 Å². The number of benzene rings is 2. The molecule has 2 aliphatic carbocycles. The van der Waals surface area contributed by atoms with Crippen molar-refractivity contribution >= 4 is 23.6 Å². The standard InChI is InChI=1S/C37H42F4N6O7/c1-20-31(46-54-45-20)33(49)44-32(30(22-7-8-22)23-9-10-23)34(50)43-26-16-28-24(15-25(26)38)27(42-18-29(48)37(39,40)41)17-36(53-28)11-13-47(14-12-36)35(51)52-19-21-5-3-2-4-6-21/h2-6,15-16,22-23,27,29-30,32,42,48H,7-14,17-19H2,1H3,(H,43,50)(H,44,49)/t27?,29?,32-/m0/s1. The fourth-order valence-electron chi connectivity index (χ4n) is 7.63. The van der Waals surface area contributed by atoms with Crippen molar-refractivity contribution in [1.29, 1.82) is 0 Å². The average molecular weight is 759 g/mol. The number of aliphatic hydroxyl groups excluding tert-OH is 1. The van der Waals surface area contributed by atoms with Crippen molar-refractivity contribution in [2.45, 2.75) is 88.4 Å². The number of hydrogen-bond acceptors (Lipinski definition) is 10. The molecule has 3 fully saturated rings. The average Bonchev–Trinajstić information content (AvgIpc) is 4.09. The Morgan fingerprint density at radius 1 is 1.06 bits per heavy atom. The van der Waals surface area contributed by atoms with Crippen LogP contribution in [0, 0.1) is 30.5 Å². The molecule has 4 aliphatic rings. The zero-order chi connectivity index (χ0) is 38.2. The number of piperidine rings is 1. The first-order valence-corrected chi connectivity index (χ1v) is 18.2. The van der Waals surface area contributed by atoms with Crippen LogP contribution in [0.2, 0.25) is 0 Å². The van der Waals surface area contributed by atoms with E-state index in [4.69, 9.17) is 9.47 Å². The van der Waals surface area contributed by atoms with Crippen LogP contribution in [0.1, 0.15) is 78.3 Å². The number of rotatable bonds is 12. The van der Waals surface area contributed by atoms with Crippen molar-refractivity contribution in [3.63, 3.8) is 0 Å². The molecule has 290 valence electrons. The number of ether oxygens (including phenoxy) is 2. The molecule has 4 N–H and O–H groups in total. The van der Waals surface area contributed by atoms with Crippen LogP contribution in [0.15, 0.2) is 47.1 Å². The van der Waals surface area contributed by atoms with Gasteiger partial charge in [-0.15, -0.1) is 0 Å². The van der Waals surface area contributed by atoms with E-state index in [2.05, 4.69) is 30.9 Å². The number of hydrogen-bond donors (Lipinski definition) is 4. The molecule has 7 rings (SSSR count). The van der Waals surface area contributed by atoms with E-state index in [9.17, 15) is 32.7 Å². The molecule has 13 nitrogen and oxygen atoms in total. The van der Waals surface area contributed by atoms with Gasteiger partial charge in [-0.05, 0) is 67.1 Å². The number of carbonyl (C=O) groups excluding carboxylic acids is 3. The summed E-state index contributed by atoms with van der Waals surface area (Å²) in [5.41, 5.74) is -0.0105. The maximum absolute atomic E-state index is 15.9. The molecule has 1 spiro atoms. The zero-order valence-electron chi connectivity index (χ0n) is 29.5. The third kappa shape index (κ3) is 8.46. The maximum Gasteiger partial charge on any atom is 0.415 e. The molecule has 3 amide bonds. The predicted octanol–water partition coefficient (Wildman–Crippen LogP) is 5.20. The van der Waals surface area contributed by atoms with Crippen LogP contribution in [0.3, 0.4) is 0 Å². The van der Waals surface area contributed by atoms with Crippen molar-refractivity contribution < 1.29 is 51.2 Å². The number of halogens is 4. The Bertz CT molecular complexity index is 1830. The first kappa shape index (κ1) is 37.5. The van der Waals surface area contributed by atoms with E-state index < -0.39 is 60.2 Å². The SMILES string of the molecule is Cc1nonc1C(=O)N[C@H](C(=O)Nc1cc2c(cc1F)C(NCC(O)C(F)(F)F)CC1(CCN(C(=O)OCc3ccccc3)CC1)O2)C(C1CC1)C1CC1. The second kappa shape index (κ2) is 15.2. The third-order valence-corrected chi connectivity index (χ3v) is 10.9. The first-order valence-electron chi connectivity index (χ1n) is 18.2. The van der Waals surface area contributed by atoms with E-state index in [1.54, 1.807) is 6.92 Å². The molecule has 2 aliphatic heterocycles. The minimum atomic E-state index is -4.88. The van der Waals surface area contributed by atoms with Crippen molar-refractivity contribution in [3.8, 4) is 5.75 Å². The van der Waals surface area contributed by atoms with Gasteiger partial charge < -0.3 is 35.4 Å². The molecule has 2 unspecified atom stereocenters. The number of aromatic nitrogens is 2. The second-order valence-corrected chi connectivity index (χ2v) is 14.8. The summed E-state index contributed by atoms with van der Waals surface area (Å²) in [6.07, 6.45) is -3.80. The smallest absolute Gasteiger partial charge is 0.415 e. The van der Waals surface area contributed by atoms with E-state index in [0.717, 1.165) is 37.3 Å². The quantitative estimate of drug-likeness (QED) is 0.180. The van der Waals surface area contributed by atoms with Crippen LogP contribution < -0.4 is 20.7 Å². The van der Waals surface area contributed by atoms with Gasteiger partial charge in [0.25, 0.3) is 5.91 Å². The molecular formula is C37H42F4N6O7. The fourth-order valence-corrected chi connectivity index (χ4v) is 7.63. The van der Waals surface area contributed by atoms with Gasteiger partial charge in [0.2, 0.25) is 5.91 Å². The molecule has 3 heterocycles. The number of aryl methyl sites for hydroxylation is 1. The Morgan fingerprint density at radius 2 is 1.74 bits per heavy atom. The number of nitrogens with one attached hydrogen (secondary N) is 3. The Labute approximate surface area is 308 Å². The van der Waals surface area contributed by atoms with E-state index in [1.807, 2.05) is 30.3 Å². The highest BCUT2D eigenvalue weighted by Crippen LogP contribution is 2.51. The van der Waals surface area contributed by atoms with E-state index >= 15 is 4.39 Å². The van der Waals surface area contributed by atoms with Gasteiger partial charge in [-0.3, -0.25) is 9.59 Å². The molecule has 17 heteroatoms. The van der Waals surface area contributed by atoms with Crippen molar-refractivity contribution in [2.24, 2.45) is 17.8 Å². The van der Waals surface area contributed by atoms with Gasteiger partial charge >= 0.3 is 12.3 Å². The Morgan fingerprint density at radius 3 is 2.35 bits per heavy atom. The summed E-state index contributed by atoms with van der Waals surface area (Å²) >= 11 is 0. The summed E-state index contributed by atoms with van der Waals surface area (Å²) in [6, 6.07) is 9.69. The van der Waals surface area contributed by atoms with Crippen LogP contribution in [0.5, 0.6) is 5.75 Å². The number of amides is 3. The lowest BCUT2D eigenvalue weighted by Crippen LogP contribution is -2.53. The van der Waals surface area contributed by atoms with Crippen LogP contribution in [0.25, 0.3) is 0 Å². The molecular weight excluding hydrogens is 716 g/mol. The summed E-state index contributed by atoms with van der Waals surface area (Å²) in [7, 11) is 0. The predicted molar refractivity (Wildman–Crippen MR) is 182 cm³/mol. The molecule has 3 atom stereocenters. The molecule has 54 heavy (non-hydrogen) atoms. The summed E-state index contributed by atoms with van der Waals surface area (Å²) in [6.45, 7) is 1.22. The van der Waals surface area contributed by atoms with Crippen LogP contribution in [0.4, 0.5) is 28.0 Å². The monoisotopic (exact) mass is 758 g/mol. The molecule has 1 saturated heterocycles. The van der Waals surface area contributed by atoms with Crippen molar-refractivity contribution in [1.82, 2.24) is 25.8 Å². The van der Waals surface area contributed by atoms with E-state index in [1.165, 1.54) is 11.0 Å². The molecule has 0 radical (unpaired) electrons. The highest BCUT2D eigenvalue weighted by atomic mass is 19.4. The third-order valence-electron chi connectivity index (χ3n) is 10.9. The lowest BCUT2D eigenvalue weighted by molar-refractivity contribution is -0.202. The summed E-state index contributed by atoms with van der Waals surface area (Å²) in [5, 5.41) is 25.3. The minimum Gasteiger partial charge on any atom is -0.487 e. The maximum atomic E-state index is 15.9. The largest absolute Gasteiger partial charge is 0.487 e. The van der Waals surface area contributed by atoms with Gasteiger partial charge in [-0.1, -0.05) is 35.5 Å². The summed E-state index contributed by atoms with van der Waals surface area (Å²) < 4.78 is 72.4. The normalized spacial score (nSPS) is 20.5. The number of likely N-dealkylation sites (tertiary alicyclic amines) is 1. The molecule has 0 bridgehead atoms. The molecule has 3 aromatic rings. The highest BCUT2D eigenvalue weighted by Gasteiger charge is 2.49. The van der Waals surface area contributed by atoms with Crippen LogP contribution in [-0.4, -0.2) is 81.8 Å². The van der Waals surface area contributed by atoms with Gasteiger partial charge in [-0.25, -0.2) is 13.8 Å². The van der Waals surface area contributed by atoms with E-state index in [0.29, 0.717) is 0 Å². The molecule has 2 aromatic carbocycles. The minimum absolute atomic E-state index is 0.0681. The van der Waals surface area contributed by atoms with Crippen LogP contribution in [-0.2, 0) is 16.1 Å². The number of anilines is 1.